The van der Waals surface area contributed by atoms with Crippen LogP contribution in [0, 0.1) is 0 Å². The van der Waals surface area contributed by atoms with Gasteiger partial charge in [0.1, 0.15) is 5.75 Å². The number of carbonyl (C=O) groups is 1. The summed E-state index contributed by atoms with van der Waals surface area (Å²) in [5, 5.41) is 3.26. The minimum absolute atomic E-state index is 0.0732. The molecule has 3 rings (SSSR count). The molecule has 1 N–H and O–H groups in total. The van der Waals surface area contributed by atoms with E-state index in [1.165, 1.54) is 11.1 Å². The van der Waals surface area contributed by atoms with Crippen molar-refractivity contribution in [1.82, 2.24) is 10.2 Å². The molecule has 0 bridgehead atoms. The predicted octanol–water partition coefficient (Wildman–Crippen LogP) is 3.71. The highest BCUT2D eigenvalue weighted by molar-refractivity contribution is 5.81. The standard InChI is InChI=1S/C22H28N2O2/c1-16(24(2)15-18-10-5-7-14-21(18)26-3)22(25)23-20-13-8-11-17-9-4-6-12-19(17)20/h4-7,9-10,12,14,16,20H,8,11,13,15H2,1-3H3,(H,23,25)/t16-,20+/m1/s1. The van der Waals surface area contributed by atoms with Crippen LogP contribution in [0.4, 0.5) is 0 Å². The Hall–Kier alpha value is -2.33. The van der Waals surface area contributed by atoms with Crippen LogP contribution in [0.2, 0.25) is 0 Å². The second kappa shape index (κ2) is 8.37. The van der Waals surface area contributed by atoms with Gasteiger partial charge in [-0.15, -0.1) is 0 Å². The molecular weight excluding hydrogens is 324 g/mol. The fraction of sp³-hybridized carbons (Fsp3) is 0.409. The van der Waals surface area contributed by atoms with Crippen LogP contribution in [0.25, 0.3) is 0 Å². The van der Waals surface area contributed by atoms with Gasteiger partial charge in [0, 0.05) is 12.1 Å². The normalized spacial score (nSPS) is 17.5. The molecule has 1 aliphatic rings. The summed E-state index contributed by atoms with van der Waals surface area (Å²) in [6, 6.07) is 16.3. The zero-order valence-electron chi connectivity index (χ0n) is 15.9. The molecule has 0 saturated carbocycles. The second-order valence-corrected chi connectivity index (χ2v) is 7.06. The van der Waals surface area contributed by atoms with Crippen molar-refractivity contribution in [3.8, 4) is 5.75 Å². The number of amides is 1. The maximum absolute atomic E-state index is 12.8. The number of ether oxygens (including phenoxy) is 1. The number of hydrogen-bond donors (Lipinski definition) is 1. The van der Waals surface area contributed by atoms with Crippen molar-refractivity contribution in [2.45, 2.75) is 44.8 Å². The van der Waals surface area contributed by atoms with Crippen molar-refractivity contribution in [3.05, 3.63) is 65.2 Å². The lowest BCUT2D eigenvalue weighted by Crippen LogP contribution is -2.44. The highest BCUT2D eigenvalue weighted by atomic mass is 16.5. The van der Waals surface area contributed by atoms with E-state index >= 15 is 0 Å². The average molecular weight is 352 g/mol. The summed E-state index contributed by atoms with van der Waals surface area (Å²) in [6.45, 7) is 2.62. The quantitative estimate of drug-likeness (QED) is 0.862. The summed E-state index contributed by atoms with van der Waals surface area (Å²) < 4.78 is 5.42. The number of rotatable bonds is 6. The molecule has 0 saturated heterocycles. The first-order chi connectivity index (χ1) is 12.6. The Morgan fingerprint density at radius 2 is 1.96 bits per heavy atom. The highest BCUT2D eigenvalue weighted by Crippen LogP contribution is 2.29. The number of aryl methyl sites for hydroxylation is 1. The fourth-order valence-corrected chi connectivity index (χ4v) is 3.64. The first kappa shape index (κ1) is 18.5. The number of para-hydroxylation sites is 1. The van der Waals surface area contributed by atoms with Crippen molar-refractivity contribution in [2.24, 2.45) is 0 Å². The molecule has 2 atom stereocenters. The highest BCUT2D eigenvalue weighted by Gasteiger charge is 2.25. The van der Waals surface area contributed by atoms with Crippen LogP contribution in [-0.2, 0) is 17.8 Å². The van der Waals surface area contributed by atoms with E-state index in [0.717, 1.165) is 30.6 Å². The van der Waals surface area contributed by atoms with Crippen LogP contribution in [0.1, 0.15) is 42.5 Å². The number of likely N-dealkylation sites (N-methyl/N-ethyl adjacent to an activating group) is 1. The van der Waals surface area contributed by atoms with Gasteiger partial charge in [-0.1, -0.05) is 42.5 Å². The summed E-state index contributed by atoms with van der Waals surface area (Å²) in [6.07, 6.45) is 3.23. The van der Waals surface area contributed by atoms with Gasteiger partial charge in [-0.2, -0.15) is 0 Å². The Morgan fingerprint density at radius 3 is 2.77 bits per heavy atom. The summed E-state index contributed by atoms with van der Waals surface area (Å²) in [5.74, 6) is 0.928. The summed E-state index contributed by atoms with van der Waals surface area (Å²) in [4.78, 5) is 14.9. The molecule has 0 unspecified atom stereocenters. The molecule has 138 valence electrons. The molecule has 0 aromatic heterocycles. The molecule has 4 heteroatoms. The average Bonchev–Trinajstić information content (AvgIpc) is 2.68. The van der Waals surface area contributed by atoms with E-state index in [4.69, 9.17) is 4.74 Å². The van der Waals surface area contributed by atoms with Gasteiger partial charge < -0.3 is 10.1 Å². The maximum atomic E-state index is 12.8. The third-order valence-electron chi connectivity index (χ3n) is 5.34. The van der Waals surface area contributed by atoms with Gasteiger partial charge in [-0.3, -0.25) is 9.69 Å². The van der Waals surface area contributed by atoms with Crippen LogP contribution in [0.5, 0.6) is 5.75 Å². The lowest BCUT2D eigenvalue weighted by Gasteiger charge is -2.30. The van der Waals surface area contributed by atoms with E-state index in [1.807, 2.05) is 38.2 Å². The Morgan fingerprint density at radius 1 is 1.23 bits per heavy atom. The third kappa shape index (κ3) is 4.07. The molecule has 1 aliphatic carbocycles. The number of hydrogen-bond acceptors (Lipinski definition) is 3. The fourth-order valence-electron chi connectivity index (χ4n) is 3.64. The van der Waals surface area contributed by atoms with Gasteiger partial charge in [-0.25, -0.2) is 0 Å². The Bertz CT molecular complexity index is 759. The zero-order chi connectivity index (χ0) is 18.5. The van der Waals surface area contributed by atoms with Crippen molar-refractivity contribution in [1.29, 1.82) is 0 Å². The number of carbonyl (C=O) groups excluding carboxylic acids is 1. The first-order valence-electron chi connectivity index (χ1n) is 9.30. The number of benzene rings is 2. The molecule has 26 heavy (non-hydrogen) atoms. The molecule has 4 nitrogen and oxygen atoms in total. The molecule has 0 fully saturated rings. The monoisotopic (exact) mass is 352 g/mol. The smallest absolute Gasteiger partial charge is 0.237 e. The summed E-state index contributed by atoms with van der Waals surface area (Å²) in [5.41, 5.74) is 3.71. The molecule has 0 spiro atoms. The van der Waals surface area contributed by atoms with Crippen LogP contribution in [0.15, 0.2) is 48.5 Å². The van der Waals surface area contributed by atoms with Gasteiger partial charge in [0.25, 0.3) is 0 Å². The van der Waals surface area contributed by atoms with E-state index < -0.39 is 0 Å². The molecule has 0 heterocycles. The number of nitrogens with zero attached hydrogens (tertiary/aromatic N) is 1. The Kier molecular flexibility index (Phi) is 5.94. The van der Waals surface area contributed by atoms with Crippen molar-refractivity contribution < 1.29 is 9.53 Å². The van der Waals surface area contributed by atoms with Gasteiger partial charge in [-0.05, 0) is 50.4 Å². The number of methoxy groups -OCH3 is 1. The van der Waals surface area contributed by atoms with E-state index in [2.05, 4.69) is 34.5 Å². The largest absolute Gasteiger partial charge is 0.496 e. The van der Waals surface area contributed by atoms with E-state index in [9.17, 15) is 4.79 Å². The lowest BCUT2D eigenvalue weighted by molar-refractivity contribution is -0.126. The van der Waals surface area contributed by atoms with E-state index in [0.29, 0.717) is 6.54 Å². The van der Waals surface area contributed by atoms with Crippen molar-refractivity contribution in [3.63, 3.8) is 0 Å². The van der Waals surface area contributed by atoms with Crippen molar-refractivity contribution >= 4 is 5.91 Å². The molecule has 1 amide bonds. The topological polar surface area (TPSA) is 41.6 Å². The van der Waals surface area contributed by atoms with Crippen molar-refractivity contribution in [2.75, 3.05) is 14.2 Å². The van der Waals surface area contributed by atoms with E-state index in [1.54, 1.807) is 7.11 Å². The minimum atomic E-state index is -0.214. The van der Waals surface area contributed by atoms with Crippen LogP contribution < -0.4 is 10.1 Å². The second-order valence-electron chi connectivity index (χ2n) is 7.06. The molecule has 0 aliphatic heterocycles. The lowest BCUT2D eigenvalue weighted by atomic mass is 9.87. The van der Waals surface area contributed by atoms with Crippen LogP contribution in [-0.4, -0.2) is 31.0 Å². The summed E-state index contributed by atoms with van der Waals surface area (Å²) >= 11 is 0. The number of fused-ring (bicyclic) bond motifs is 1. The minimum Gasteiger partial charge on any atom is -0.496 e. The zero-order valence-corrected chi connectivity index (χ0v) is 15.9. The molecule has 2 aromatic rings. The Balaban J connectivity index is 1.65. The van der Waals surface area contributed by atoms with E-state index in [-0.39, 0.29) is 18.0 Å². The number of nitrogens with one attached hydrogen (secondary N) is 1. The van der Waals surface area contributed by atoms with Crippen LogP contribution >= 0.6 is 0 Å². The first-order valence-corrected chi connectivity index (χ1v) is 9.30. The van der Waals surface area contributed by atoms with Gasteiger partial charge >= 0.3 is 0 Å². The van der Waals surface area contributed by atoms with Gasteiger partial charge in [0.15, 0.2) is 0 Å². The molecular formula is C22H28N2O2. The van der Waals surface area contributed by atoms with Crippen LogP contribution in [0.3, 0.4) is 0 Å². The third-order valence-corrected chi connectivity index (χ3v) is 5.34. The molecule has 0 radical (unpaired) electrons. The summed E-state index contributed by atoms with van der Waals surface area (Å²) in [7, 11) is 3.65. The predicted molar refractivity (Wildman–Crippen MR) is 104 cm³/mol. The van der Waals surface area contributed by atoms with Gasteiger partial charge in [0.05, 0.1) is 19.2 Å². The van der Waals surface area contributed by atoms with Gasteiger partial charge in [0.2, 0.25) is 5.91 Å². The Labute approximate surface area is 156 Å². The maximum Gasteiger partial charge on any atom is 0.237 e. The SMILES string of the molecule is COc1ccccc1CN(C)[C@H](C)C(=O)N[C@H]1CCCc2ccccc21. The molecule has 2 aromatic carbocycles.